The van der Waals surface area contributed by atoms with Gasteiger partial charge in [-0.25, -0.2) is 4.98 Å². The van der Waals surface area contributed by atoms with Gasteiger partial charge in [0.25, 0.3) is 0 Å². The van der Waals surface area contributed by atoms with Crippen LogP contribution in [0.2, 0.25) is 0 Å². The second kappa shape index (κ2) is 4.11. The molecular weight excluding hydrogens is 260 g/mol. The Morgan fingerprint density at radius 1 is 1.29 bits per heavy atom. The third-order valence-electron chi connectivity index (χ3n) is 1.89. The van der Waals surface area contributed by atoms with Gasteiger partial charge in [-0.3, -0.25) is 0 Å². The van der Waals surface area contributed by atoms with E-state index in [0.29, 0.717) is 0 Å². The summed E-state index contributed by atoms with van der Waals surface area (Å²) in [6, 6.07) is 10.2. The quantitative estimate of drug-likeness (QED) is 0.826. The molecule has 0 N–H and O–H groups in total. The van der Waals surface area contributed by atoms with Crippen LogP contribution < -0.4 is 4.90 Å². The number of halogens is 1. The van der Waals surface area contributed by atoms with Crippen molar-refractivity contribution in [3.05, 3.63) is 40.3 Å². The standard InChI is InChI=1S/C10H9BrN2S/c1-13(8-5-3-2-4-6-8)10-12-9(11)7-14-10/h2-7H,1H3. The summed E-state index contributed by atoms with van der Waals surface area (Å²) in [6.45, 7) is 0. The maximum Gasteiger partial charge on any atom is 0.190 e. The number of thiazole rings is 1. The van der Waals surface area contributed by atoms with Gasteiger partial charge in [0.1, 0.15) is 4.60 Å². The first-order chi connectivity index (χ1) is 6.77. The van der Waals surface area contributed by atoms with Crippen molar-refractivity contribution in [3.63, 3.8) is 0 Å². The highest BCUT2D eigenvalue weighted by Crippen LogP contribution is 2.28. The van der Waals surface area contributed by atoms with Gasteiger partial charge in [0.15, 0.2) is 5.13 Å². The van der Waals surface area contributed by atoms with Gasteiger partial charge in [-0.1, -0.05) is 18.2 Å². The van der Waals surface area contributed by atoms with Gasteiger partial charge >= 0.3 is 0 Å². The summed E-state index contributed by atoms with van der Waals surface area (Å²) in [6.07, 6.45) is 0. The van der Waals surface area contributed by atoms with Crippen molar-refractivity contribution in [1.82, 2.24) is 4.98 Å². The lowest BCUT2D eigenvalue weighted by Crippen LogP contribution is -2.08. The van der Waals surface area contributed by atoms with Gasteiger partial charge in [0.2, 0.25) is 0 Å². The van der Waals surface area contributed by atoms with Crippen molar-refractivity contribution >= 4 is 38.1 Å². The monoisotopic (exact) mass is 268 g/mol. The van der Waals surface area contributed by atoms with E-state index >= 15 is 0 Å². The predicted molar refractivity (Wildman–Crippen MR) is 64.3 cm³/mol. The van der Waals surface area contributed by atoms with Crippen molar-refractivity contribution in [2.75, 3.05) is 11.9 Å². The van der Waals surface area contributed by atoms with Gasteiger partial charge in [0.05, 0.1) is 0 Å². The highest BCUT2D eigenvalue weighted by Gasteiger charge is 2.06. The van der Waals surface area contributed by atoms with Crippen LogP contribution in [0, 0.1) is 0 Å². The summed E-state index contributed by atoms with van der Waals surface area (Å²) in [4.78, 5) is 6.41. The Labute approximate surface area is 95.3 Å². The molecule has 4 heteroatoms. The second-order valence-electron chi connectivity index (χ2n) is 2.85. The zero-order valence-electron chi connectivity index (χ0n) is 7.64. The fourth-order valence-electron chi connectivity index (χ4n) is 1.16. The Hall–Kier alpha value is -0.870. The van der Waals surface area contributed by atoms with Crippen molar-refractivity contribution < 1.29 is 0 Å². The van der Waals surface area contributed by atoms with Crippen LogP contribution in [0.15, 0.2) is 40.3 Å². The molecule has 0 atom stereocenters. The molecule has 0 saturated heterocycles. The maximum absolute atomic E-state index is 4.35. The molecule has 2 rings (SSSR count). The zero-order valence-corrected chi connectivity index (χ0v) is 10.0. The molecule has 0 aliphatic carbocycles. The number of nitrogens with zero attached hydrogens (tertiary/aromatic N) is 2. The molecule has 0 spiro atoms. The first-order valence-electron chi connectivity index (χ1n) is 4.17. The third-order valence-corrected chi connectivity index (χ3v) is 3.52. The van der Waals surface area contributed by atoms with Crippen LogP contribution in [0.3, 0.4) is 0 Å². The van der Waals surface area contributed by atoms with Crippen LogP contribution in [0.1, 0.15) is 0 Å². The van der Waals surface area contributed by atoms with Crippen molar-refractivity contribution in [2.24, 2.45) is 0 Å². The van der Waals surface area contributed by atoms with E-state index < -0.39 is 0 Å². The highest BCUT2D eigenvalue weighted by molar-refractivity contribution is 9.10. The summed E-state index contributed by atoms with van der Waals surface area (Å²) < 4.78 is 0.889. The number of benzene rings is 1. The Morgan fingerprint density at radius 2 is 2.00 bits per heavy atom. The van der Waals surface area contributed by atoms with E-state index in [1.807, 2.05) is 30.6 Å². The molecule has 0 amide bonds. The SMILES string of the molecule is CN(c1ccccc1)c1nc(Br)cs1. The van der Waals surface area contributed by atoms with Crippen LogP contribution in [0.25, 0.3) is 0 Å². The molecule has 0 bridgehead atoms. The van der Waals surface area contributed by atoms with E-state index in [9.17, 15) is 0 Å². The maximum atomic E-state index is 4.35. The summed E-state index contributed by atoms with van der Waals surface area (Å²) in [5.41, 5.74) is 1.15. The van der Waals surface area contributed by atoms with Gasteiger partial charge in [-0.15, -0.1) is 11.3 Å². The zero-order chi connectivity index (χ0) is 9.97. The second-order valence-corrected chi connectivity index (χ2v) is 4.50. The minimum atomic E-state index is 0.889. The topological polar surface area (TPSA) is 16.1 Å². The Bertz CT molecular complexity index is 413. The smallest absolute Gasteiger partial charge is 0.190 e. The Balaban J connectivity index is 2.29. The molecule has 2 aromatic rings. The first kappa shape index (κ1) is 9.68. The summed E-state index contributed by atoms with van der Waals surface area (Å²) in [5.74, 6) is 0. The molecule has 1 heterocycles. The molecule has 1 aromatic heterocycles. The normalized spacial score (nSPS) is 10.1. The molecule has 72 valence electrons. The van der Waals surface area contributed by atoms with Gasteiger partial charge in [-0.05, 0) is 28.1 Å². The molecule has 1 aromatic carbocycles. The molecule has 0 fully saturated rings. The molecule has 14 heavy (non-hydrogen) atoms. The number of hydrogen-bond donors (Lipinski definition) is 0. The van der Waals surface area contributed by atoms with Crippen LogP contribution in [-0.2, 0) is 0 Å². The minimum absolute atomic E-state index is 0.889. The fraction of sp³-hybridized carbons (Fsp3) is 0.100. The van der Waals surface area contributed by atoms with Crippen LogP contribution in [0.4, 0.5) is 10.8 Å². The third kappa shape index (κ3) is 1.96. The van der Waals surface area contributed by atoms with Gasteiger partial charge in [0, 0.05) is 18.1 Å². The first-order valence-corrected chi connectivity index (χ1v) is 5.84. The van der Waals surface area contributed by atoms with Crippen molar-refractivity contribution in [3.8, 4) is 0 Å². The lowest BCUT2D eigenvalue weighted by Gasteiger charge is -2.14. The summed E-state index contributed by atoms with van der Waals surface area (Å²) in [5, 5.41) is 2.97. The van der Waals surface area contributed by atoms with Crippen molar-refractivity contribution in [2.45, 2.75) is 0 Å². The van der Waals surface area contributed by atoms with Gasteiger partial charge < -0.3 is 4.90 Å². The number of anilines is 2. The summed E-state index contributed by atoms with van der Waals surface area (Å²) in [7, 11) is 2.01. The lowest BCUT2D eigenvalue weighted by atomic mass is 10.3. The molecule has 2 nitrogen and oxygen atoms in total. The van der Waals surface area contributed by atoms with Crippen LogP contribution >= 0.6 is 27.3 Å². The average molecular weight is 269 g/mol. The Morgan fingerprint density at radius 3 is 2.57 bits per heavy atom. The molecule has 0 aliphatic heterocycles. The fourth-order valence-corrected chi connectivity index (χ4v) is 2.40. The molecule has 0 unspecified atom stereocenters. The van der Waals surface area contributed by atoms with E-state index in [2.05, 4.69) is 37.9 Å². The molecular formula is C10H9BrN2S. The Kier molecular flexibility index (Phi) is 2.84. The molecule has 0 radical (unpaired) electrons. The highest BCUT2D eigenvalue weighted by atomic mass is 79.9. The van der Waals surface area contributed by atoms with E-state index in [-0.39, 0.29) is 0 Å². The molecule has 0 saturated carbocycles. The lowest BCUT2D eigenvalue weighted by molar-refractivity contribution is 1.16. The van der Waals surface area contributed by atoms with E-state index in [4.69, 9.17) is 0 Å². The number of rotatable bonds is 2. The minimum Gasteiger partial charge on any atom is -0.321 e. The van der Waals surface area contributed by atoms with Crippen LogP contribution in [0.5, 0.6) is 0 Å². The number of para-hydroxylation sites is 1. The van der Waals surface area contributed by atoms with Crippen LogP contribution in [-0.4, -0.2) is 12.0 Å². The number of hydrogen-bond acceptors (Lipinski definition) is 3. The average Bonchev–Trinajstić information content (AvgIpc) is 2.65. The number of aromatic nitrogens is 1. The van der Waals surface area contributed by atoms with Gasteiger partial charge in [-0.2, -0.15) is 0 Å². The van der Waals surface area contributed by atoms with E-state index in [1.165, 1.54) is 0 Å². The van der Waals surface area contributed by atoms with Crippen molar-refractivity contribution in [1.29, 1.82) is 0 Å². The van der Waals surface area contributed by atoms with E-state index in [0.717, 1.165) is 15.4 Å². The largest absolute Gasteiger partial charge is 0.321 e. The summed E-state index contributed by atoms with van der Waals surface area (Å²) >= 11 is 4.97. The molecule has 0 aliphatic rings. The van der Waals surface area contributed by atoms with E-state index in [1.54, 1.807) is 11.3 Å². The predicted octanol–water partition coefficient (Wildman–Crippen LogP) is 3.67.